The molecule has 1 aromatic heterocycles. The van der Waals surface area contributed by atoms with Crippen molar-refractivity contribution in [2.75, 3.05) is 18.5 Å². The Balaban J connectivity index is 0.00000176. The van der Waals surface area contributed by atoms with Crippen LogP contribution in [0.5, 0.6) is 0 Å². The molecule has 22 heavy (non-hydrogen) atoms. The minimum atomic E-state index is 0. The van der Waals surface area contributed by atoms with Gasteiger partial charge < -0.3 is 15.8 Å². The third-order valence-electron chi connectivity index (χ3n) is 4.62. The first-order chi connectivity index (χ1) is 10.2. The molecule has 1 aliphatic heterocycles. The molecular weight excluding hydrogens is 322 g/mol. The minimum absolute atomic E-state index is 0. The molecule has 1 fully saturated rings. The van der Waals surface area contributed by atoms with Gasteiger partial charge in [0.1, 0.15) is 0 Å². The second-order valence-corrected chi connectivity index (χ2v) is 7.26. The quantitative estimate of drug-likeness (QED) is 0.879. The number of thiazole rings is 1. The molecule has 5 nitrogen and oxygen atoms in total. The molecule has 3 N–H and O–H groups in total. The number of hydrogen-bond donors (Lipinski definition) is 2. The van der Waals surface area contributed by atoms with Gasteiger partial charge in [0.25, 0.3) is 0 Å². The fraction of sp³-hybridized carbons (Fsp3) is 0.733. The second kappa shape index (κ2) is 7.73. The molecule has 3 rings (SSSR count). The summed E-state index contributed by atoms with van der Waals surface area (Å²) in [6, 6.07) is 0. The average Bonchev–Trinajstić information content (AvgIpc) is 2.90. The SMILES string of the molecule is Cl.NCC1(CC(=O)Nc2nc3c(s2)COCC3)CCCCC1. The lowest BCUT2D eigenvalue weighted by Gasteiger charge is -2.35. The smallest absolute Gasteiger partial charge is 0.226 e. The molecule has 1 amide bonds. The van der Waals surface area contributed by atoms with E-state index in [0.717, 1.165) is 36.4 Å². The number of fused-ring (bicyclic) bond motifs is 1. The average molecular weight is 346 g/mol. The van der Waals surface area contributed by atoms with Crippen LogP contribution in [0.3, 0.4) is 0 Å². The van der Waals surface area contributed by atoms with E-state index < -0.39 is 0 Å². The Hall–Kier alpha value is -0.690. The van der Waals surface area contributed by atoms with Gasteiger partial charge >= 0.3 is 0 Å². The Labute approximate surface area is 141 Å². The van der Waals surface area contributed by atoms with Gasteiger partial charge in [-0.3, -0.25) is 4.79 Å². The molecule has 7 heteroatoms. The van der Waals surface area contributed by atoms with Gasteiger partial charge in [-0.2, -0.15) is 0 Å². The van der Waals surface area contributed by atoms with E-state index in [-0.39, 0.29) is 23.7 Å². The van der Waals surface area contributed by atoms with E-state index in [0.29, 0.717) is 24.7 Å². The lowest BCUT2D eigenvalue weighted by molar-refractivity contribution is -0.118. The summed E-state index contributed by atoms with van der Waals surface area (Å²) in [6.07, 6.45) is 7.14. The van der Waals surface area contributed by atoms with E-state index in [2.05, 4.69) is 10.3 Å². The summed E-state index contributed by atoms with van der Waals surface area (Å²) in [7, 11) is 0. The maximum absolute atomic E-state index is 12.3. The number of ether oxygens (including phenoxy) is 1. The van der Waals surface area contributed by atoms with Crippen molar-refractivity contribution in [3.8, 4) is 0 Å². The molecule has 0 radical (unpaired) electrons. The maximum atomic E-state index is 12.3. The van der Waals surface area contributed by atoms with Crippen LogP contribution in [-0.4, -0.2) is 24.0 Å². The number of nitrogens with one attached hydrogen (secondary N) is 1. The molecule has 0 spiro atoms. The van der Waals surface area contributed by atoms with Crippen molar-refractivity contribution in [1.29, 1.82) is 0 Å². The third-order valence-corrected chi connectivity index (χ3v) is 5.61. The van der Waals surface area contributed by atoms with Crippen molar-refractivity contribution in [3.05, 3.63) is 10.6 Å². The number of anilines is 1. The van der Waals surface area contributed by atoms with Crippen LogP contribution >= 0.6 is 23.7 Å². The molecule has 0 saturated heterocycles. The number of aromatic nitrogens is 1. The Morgan fingerprint density at radius 2 is 2.14 bits per heavy atom. The van der Waals surface area contributed by atoms with Crippen molar-refractivity contribution < 1.29 is 9.53 Å². The van der Waals surface area contributed by atoms with E-state index in [1.165, 1.54) is 30.6 Å². The van der Waals surface area contributed by atoms with Gasteiger partial charge in [0.15, 0.2) is 5.13 Å². The number of rotatable bonds is 4. The van der Waals surface area contributed by atoms with Crippen LogP contribution in [0.15, 0.2) is 0 Å². The zero-order valence-electron chi connectivity index (χ0n) is 12.7. The summed E-state index contributed by atoms with van der Waals surface area (Å²) < 4.78 is 5.41. The predicted octanol–water partition coefficient (Wildman–Crippen LogP) is 2.88. The van der Waals surface area contributed by atoms with Gasteiger partial charge in [-0.1, -0.05) is 30.6 Å². The van der Waals surface area contributed by atoms with Crippen molar-refractivity contribution in [3.63, 3.8) is 0 Å². The lowest BCUT2D eigenvalue weighted by Crippen LogP contribution is -2.36. The van der Waals surface area contributed by atoms with E-state index in [1.807, 2.05) is 0 Å². The zero-order valence-corrected chi connectivity index (χ0v) is 14.4. The molecule has 0 unspecified atom stereocenters. The van der Waals surface area contributed by atoms with Crippen LogP contribution < -0.4 is 11.1 Å². The zero-order chi connectivity index (χ0) is 14.7. The number of nitrogens with two attached hydrogens (primary N) is 1. The number of halogens is 1. The highest BCUT2D eigenvalue weighted by molar-refractivity contribution is 7.15. The Morgan fingerprint density at radius 1 is 1.36 bits per heavy atom. The summed E-state index contributed by atoms with van der Waals surface area (Å²) in [5.41, 5.74) is 7.03. The summed E-state index contributed by atoms with van der Waals surface area (Å²) in [5.74, 6) is 0.0503. The topological polar surface area (TPSA) is 77.2 Å². The van der Waals surface area contributed by atoms with Crippen molar-refractivity contribution in [2.45, 2.75) is 51.6 Å². The van der Waals surface area contributed by atoms with Gasteiger partial charge in [0.05, 0.1) is 23.8 Å². The highest BCUT2D eigenvalue weighted by atomic mass is 35.5. The van der Waals surface area contributed by atoms with Crippen LogP contribution in [0.2, 0.25) is 0 Å². The lowest BCUT2D eigenvalue weighted by atomic mass is 9.72. The molecular formula is C15H24ClN3O2S. The minimum Gasteiger partial charge on any atom is -0.375 e. The normalized spacial score (nSPS) is 19.9. The Bertz CT molecular complexity index is 491. The molecule has 0 bridgehead atoms. The van der Waals surface area contributed by atoms with Gasteiger partial charge in [0, 0.05) is 12.8 Å². The molecule has 0 aromatic carbocycles. The van der Waals surface area contributed by atoms with Crippen LogP contribution in [0, 0.1) is 5.41 Å². The molecule has 2 aliphatic rings. The number of carbonyl (C=O) groups excluding carboxylic acids is 1. The fourth-order valence-electron chi connectivity index (χ4n) is 3.34. The Morgan fingerprint density at radius 3 is 2.82 bits per heavy atom. The monoisotopic (exact) mass is 345 g/mol. The predicted molar refractivity (Wildman–Crippen MR) is 90.5 cm³/mol. The number of amides is 1. The van der Waals surface area contributed by atoms with Gasteiger partial charge in [-0.15, -0.1) is 12.4 Å². The number of hydrogen-bond acceptors (Lipinski definition) is 5. The summed E-state index contributed by atoms with van der Waals surface area (Å²) in [6.45, 7) is 1.94. The van der Waals surface area contributed by atoms with Gasteiger partial charge in [-0.05, 0) is 24.8 Å². The standard InChI is InChI=1S/C15H23N3O2S.ClH/c16-10-15(5-2-1-3-6-15)8-13(19)18-14-17-11-4-7-20-9-12(11)21-14;/h1-10,16H2,(H,17,18,19);1H. The number of nitrogens with zero attached hydrogens (tertiary/aromatic N) is 1. The van der Waals surface area contributed by atoms with E-state index >= 15 is 0 Å². The van der Waals surface area contributed by atoms with E-state index in [4.69, 9.17) is 10.5 Å². The largest absolute Gasteiger partial charge is 0.375 e. The second-order valence-electron chi connectivity index (χ2n) is 6.18. The highest BCUT2D eigenvalue weighted by Gasteiger charge is 2.33. The first-order valence-corrected chi connectivity index (χ1v) is 8.59. The van der Waals surface area contributed by atoms with Crippen molar-refractivity contribution >= 4 is 34.8 Å². The maximum Gasteiger partial charge on any atom is 0.226 e. The highest BCUT2D eigenvalue weighted by Crippen LogP contribution is 2.38. The van der Waals surface area contributed by atoms with E-state index in [9.17, 15) is 4.79 Å². The first-order valence-electron chi connectivity index (χ1n) is 7.77. The summed E-state index contributed by atoms with van der Waals surface area (Å²) >= 11 is 1.53. The molecule has 124 valence electrons. The van der Waals surface area contributed by atoms with Crippen LogP contribution in [0.25, 0.3) is 0 Å². The summed E-state index contributed by atoms with van der Waals surface area (Å²) in [4.78, 5) is 18.0. The molecule has 0 atom stereocenters. The number of carbonyl (C=O) groups is 1. The molecule has 1 aromatic rings. The van der Waals surface area contributed by atoms with Crippen molar-refractivity contribution in [1.82, 2.24) is 4.98 Å². The molecule has 2 heterocycles. The first kappa shape index (κ1) is 17.7. The van der Waals surface area contributed by atoms with Crippen molar-refractivity contribution in [2.24, 2.45) is 11.1 Å². The molecule has 1 saturated carbocycles. The van der Waals surface area contributed by atoms with Gasteiger partial charge in [0.2, 0.25) is 5.91 Å². The van der Waals surface area contributed by atoms with Crippen LogP contribution in [-0.2, 0) is 22.6 Å². The van der Waals surface area contributed by atoms with E-state index in [1.54, 1.807) is 0 Å². The summed E-state index contributed by atoms with van der Waals surface area (Å²) in [5, 5.41) is 3.67. The molecule has 1 aliphatic carbocycles. The van der Waals surface area contributed by atoms with Crippen LogP contribution in [0.1, 0.15) is 49.1 Å². The fourth-order valence-corrected chi connectivity index (χ4v) is 4.30. The third kappa shape index (κ3) is 3.98. The Kier molecular flexibility index (Phi) is 6.20. The van der Waals surface area contributed by atoms with Crippen LogP contribution in [0.4, 0.5) is 5.13 Å². The van der Waals surface area contributed by atoms with Gasteiger partial charge in [-0.25, -0.2) is 4.98 Å².